The van der Waals surface area contributed by atoms with Crippen LogP contribution in [-0.4, -0.2) is 39.0 Å². The van der Waals surface area contributed by atoms with Crippen LogP contribution in [0.5, 0.6) is 5.75 Å². The van der Waals surface area contributed by atoms with Crippen LogP contribution >= 0.6 is 23.4 Å². The minimum atomic E-state index is -1.16. The first-order valence-electron chi connectivity index (χ1n) is 8.07. The monoisotopic (exact) mass is 432 g/mol. The lowest BCUT2D eigenvalue weighted by molar-refractivity contribution is -0.139. The van der Waals surface area contributed by atoms with Crippen molar-refractivity contribution in [3.63, 3.8) is 0 Å². The lowest BCUT2D eigenvalue weighted by Gasteiger charge is -2.03. The van der Waals surface area contributed by atoms with Crippen molar-refractivity contribution in [2.45, 2.75) is 5.22 Å². The van der Waals surface area contributed by atoms with Gasteiger partial charge in [0.1, 0.15) is 10.7 Å². The Morgan fingerprint density at radius 2 is 1.76 bits per heavy atom. The standard InChI is InChI=1S/C19H13ClN2O6S/c20-13-5-3-12(4-6-13)17-21-22-19(28-17)29-15(18(25)26)9-11-1-7-14(8-2-11)27-10-16(23)24/h1-9H,10H2,(H,23,24)(H,25,26)/b15-9-. The number of benzene rings is 2. The van der Waals surface area contributed by atoms with Crippen molar-refractivity contribution in [2.24, 2.45) is 0 Å². The number of halogens is 1. The summed E-state index contributed by atoms with van der Waals surface area (Å²) in [6.45, 7) is -0.460. The summed E-state index contributed by atoms with van der Waals surface area (Å²) in [4.78, 5) is 22.1. The van der Waals surface area contributed by atoms with Crippen molar-refractivity contribution >= 4 is 41.4 Å². The fourth-order valence-corrected chi connectivity index (χ4v) is 2.94. The van der Waals surface area contributed by atoms with E-state index in [0.717, 1.165) is 11.8 Å². The fraction of sp³-hybridized carbons (Fsp3) is 0.0526. The summed E-state index contributed by atoms with van der Waals surface area (Å²) >= 11 is 6.66. The fourth-order valence-electron chi connectivity index (χ4n) is 2.15. The molecular weight excluding hydrogens is 420 g/mol. The molecule has 29 heavy (non-hydrogen) atoms. The normalized spacial score (nSPS) is 11.3. The highest BCUT2D eigenvalue weighted by Gasteiger charge is 2.16. The second-order valence-electron chi connectivity index (χ2n) is 5.55. The Morgan fingerprint density at radius 3 is 2.38 bits per heavy atom. The smallest absolute Gasteiger partial charge is 0.342 e. The Balaban J connectivity index is 1.74. The van der Waals surface area contributed by atoms with E-state index in [4.69, 9.17) is 25.9 Å². The van der Waals surface area contributed by atoms with E-state index in [0.29, 0.717) is 21.9 Å². The summed E-state index contributed by atoms with van der Waals surface area (Å²) in [6.07, 6.45) is 1.43. The van der Waals surface area contributed by atoms with E-state index in [2.05, 4.69) is 10.2 Å². The molecule has 0 unspecified atom stereocenters. The molecule has 0 amide bonds. The van der Waals surface area contributed by atoms with Gasteiger partial charge in [0.15, 0.2) is 6.61 Å². The summed E-state index contributed by atoms with van der Waals surface area (Å²) in [6, 6.07) is 13.1. The Bertz CT molecular complexity index is 1050. The number of aliphatic carboxylic acids is 2. The molecule has 0 saturated heterocycles. The van der Waals surface area contributed by atoms with Gasteiger partial charge in [0.2, 0.25) is 5.89 Å². The van der Waals surface area contributed by atoms with E-state index in [9.17, 15) is 14.7 Å². The number of aromatic nitrogens is 2. The molecule has 0 aliphatic heterocycles. The summed E-state index contributed by atoms with van der Waals surface area (Å²) in [5.74, 6) is -1.64. The maximum absolute atomic E-state index is 11.6. The molecule has 0 atom stereocenters. The third kappa shape index (κ3) is 5.84. The number of carboxylic acids is 2. The Hall–Kier alpha value is -3.30. The first kappa shape index (κ1) is 20.4. The van der Waals surface area contributed by atoms with Crippen LogP contribution in [0.4, 0.5) is 0 Å². The predicted molar refractivity (Wildman–Crippen MR) is 106 cm³/mol. The van der Waals surface area contributed by atoms with Crippen LogP contribution in [0.2, 0.25) is 5.02 Å². The number of ether oxygens (including phenoxy) is 1. The van der Waals surface area contributed by atoms with E-state index in [1.165, 1.54) is 6.08 Å². The molecule has 2 aromatic carbocycles. The third-order valence-corrected chi connectivity index (χ3v) is 4.55. The quantitative estimate of drug-likeness (QED) is 0.400. The first-order valence-corrected chi connectivity index (χ1v) is 9.27. The van der Waals surface area contributed by atoms with Gasteiger partial charge in [0.05, 0.1) is 0 Å². The molecule has 8 nitrogen and oxygen atoms in total. The van der Waals surface area contributed by atoms with Crippen molar-refractivity contribution < 1.29 is 29.0 Å². The van der Waals surface area contributed by atoms with Gasteiger partial charge in [0.25, 0.3) is 5.22 Å². The summed E-state index contributed by atoms with van der Waals surface area (Å²) in [7, 11) is 0. The third-order valence-electron chi connectivity index (χ3n) is 3.45. The van der Waals surface area contributed by atoms with Gasteiger partial charge in [-0.25, -0.2) is 9.59 Å². The number of hydrogen-bond donors (Lipinski definition) is 2. The summed E-state index contributed by atoms with van der Waals surface area (Å²) in [5, 5.41) is 26.5. The van der Waals surface area contributed by atoms with Gasteiger partial charge in [-0.1, -0.05) is 23.7 Å². The van der Waals surface area contributed by atoms with E-state index in [-0.39, 0.29) is 16.0 Å². The molecule has 1 heterocycles. The number of thioether (sulfide) groups is 1. The van der Waals surface area contributed by atoms with Crippen molar-refractivity contribution in [2.75, 3.05) is 6.61 Å². The van der Waals surface area contributed by atoms with Crippen LogP contribution in [0, 0.1) is 0 Å². The molecule has 0 spiro atoms. The second-order valence-corrected chi connectivity index (χ2v) is 6.98. The molecule has 0 saturated carbocycles. The Morgan fingerprint density at radius 1 is 1.07 bits per heavy atom. The van der Waals surface area contributed by atoms with E-state index >= 15 is 0 Å². The van der Waals surface area contributed by atoms with Gasteiger partial charge >= 0.3 is 11.9 Å². The molecule has 0 bridgehead atoms. The van der Waals surface area contributed by atoms with Crippen LogP contribution in [0.25, 0.3) is 17.5 Å². The first-order chi connectivity index (χ1) is 13.9. The number of rotatable bonds is 8. The molecule has 0 fully saturated rings. The van der Waals surface area contributed by atoms with Gasteiger partial charge in [-0.3, -0.25) is 0 Å². The summed E-state index contributed by atoms with van der Waals surface area (Å²) in [5.41, 5.74) is 1.24. The van der Waals surface area contributed by atoms with Gasteiger partial charge in [-0.05, 0) is 59.8 Å². The predicted octanol–water partition coefficient (Wildman–Crippen LogP) is 4.07. The molecule has 10 heteroatoms. The molecule has 0 aliphatic carbocycles. The molecule has 0 radical (unpaired) electrons. The van der Waals surface area contributed by atoms with Gasteiger partial charge in [-0.2, -0.15) is 0 Å². The Kier molecular flexibility index (Phi) is 6.53. The molecular formula is C19H13ClN2O6S. The van der Waals surface area contributed by atoms with Crippen LogP contribution in [-0.2, 0) is 9.59 Å². The number of nitrogens with zero attached hydrogens (tertiary/aromatic N) is 2. The minimum Gasteiger partial charge on any atom is -0.482 e. The highest BCUT2D eigenvalue weighted by molar-refractivity contribution is 8.03. The van der Waals surface area contributed by atoms with Crippen LogP contribution in [0.3, 0.4) is 0 Å². The highest BCUT2D eigenvalue weighted by Crippen LogP contribution is 2.30. The molecule has 2 N–H and O–H groups in total. The molecule has 148 valence electrons. The average Bonchev–Trinajstić information content (AvgIpc) is 3.16. The van der Waals surface area contributed by atoms with Crippen molar-refractivity contribution in [3.05, 3.63) is 64.0 Å². The lowest BCUT2D eigenvalue weighted by Crippen LogP contribution is -2.09. The van der Waals surface area contributed by atoms with E-state index < -0.39 is 18.5 Å². The van der Waals surface area contributed by atoms with Crippen LogP contribution in [0.15, 0.2) is 63.1 Å². The topological polar surface area (TPSA) is 123 Å². The summed E-state index contributed by atoms with van der Waals surface area (Å²) < 4.78 is 10.6. The SMILES string of the molecule is O=C(O)COc1ccc(/C=C(\Sc2nnc(-c3ccc(Cl)cc3)o2)C(=O)O)cc1. The average molecular weight is 433 g/mol. The maximum atomic E-state index is 11.6. The number of hydrogen-bond acceptors (Lipinski definition) is 7. The molecule has 3 aromatic rings. The lowest BCUT2D eigenvalue weighted by atomic mass is 10.2. The number of carboxylic acid groups (broad SMARTS) is 2. The highest BCUT2D eigenvalue weighted by atomic mass is 35.5. The second kappa shape index (κ2) is 9.26. The zero-order chi connectivity index (χ0) is 20.8. The maximum Gasteiger partial charge on any atom is 0.342 e. The zero-order valence-electron chi connectivity index (χ0n) is 14.6. The van der Waals surface area contributed by atoms with Crippen molar-refractivity contribution in [1.82, 2.24) is 10.2 Å². The van der Waals surface area contributed by atoms with Gasteiger partial charge < -0.3 is 19.4 Å². The van der Waals surface area contributed by atoms with Gasteiger partial charge in [0, 0.05) is 10.6 Å². The van der Waals surface area contributed by atoms with Crippen LogP contribution in [0.1, 0.15) is 5.56 Å². The molecule has 1 aromatic heterocycles. The number of carbonyl (C=O) groups is 2. The van der Waals surface area contributed by atoms with Gasteiger partial charge in [-0.15, -0.1) is 10.2 Å². The minimum absolute atomic E-state index is 0.0319. The Labute approximate surface area is 173 Å². The van der Waals surface area contributed by atoms with Crippen molar-refractivity contribution in [1.29, 1.82) is 0 Å². The zero-order valence-corrected chi connectivity index (χ0v) is 16.2. The molecule has 0 aliphatic rings. The molecule has 3 rings (SSSR count). The van der Waals surface area contributed by atoms with E-state index in [1.807, 2.05) is 0 Å². The largest absolute Gasteiger partial charge is 0.482 e. The van der Waals surface area contributed by atoms with Crippen molar-refractivity contribution in [3.8, 4) is 17.2 Å². The van der Waals surface area contributed by atoms with Crippen LogP contribution < -0.4 is 4.74 Å². The van der Waals surface area contributed by atoms with E-state index in [1.54, 1.807) is 48.5 Å².